The van der Waals surface area contributed by atoms with Gasteiger partial charge in [0.25, 0.3) is 0 Å². The number of rotatable bonds is 0. The molecule has 0 aromatic carbocycles. The molecule has 0 fully saturated rings. The minimum Gasteiger partial charge on any atom is -0.309 e. The molecule has 0 bridgehead atoms. The first-order valence-corrected chi connectivity index (χ1v) is 3.95. The molecule has 1 heteroatoms. The summed E-state index contributed by atoms with van der Waals surface area (Å²) in [4.78, 5) is 0. The van der Waals surface area contributed by atoms with Gasteiger partial charge in [-0.05, 0) is 25.3 Å². The molecular weight excluding hydrogens is 122 g/mol. The van der Waals surface area contributed by atoms with Crippen LogP contribution >= 0.6 is 0 Å². The zero-order valence-electron chi connectivity index (χ0n) is 6.41. The lowest BCUT2D eigenvalue weighted by Crippen LogP contribution is -2.08. The van der Waals surface area contributed by atoms with Crippen LogP contribution in [0.15, 0.2) is 22.8 Å². The summed E-state index contributed by atoms with van der Waals surface area (Å²) < 4.78 is 0. The van der Waals surface area contributed by atoms with Crippen molar-refractivity contribution in [2.45, 2.75) is 19.8 Å². The molecule has 0 unspecified atom stereocenters. The van der Waals surface area contributed by atoms with Crippen molar-refractivity contribution in [3.8, 4) is 0 Å². The summed E-state index contributed by atoms with van der Waals surface area (Å²) in [5, 5.41) is 3.37. The summed E-state index contributed by atoms with van der Waals surface area (Å²) >= 11 is 0. The first-order valence-electron chi connectivity index (χ1n) is 3.95. The highest BCUT2D eigenvalue weighted by atomic mass is 14.9. The maximum Gasteiger partial charge on any atom is 0.0208 e. The Hall–Kier alpha value is -0.560. The van der Waals surface area contributed by atoms with E-state index in [1.54, 1.807) is 16.7 Å². The molecule has 0 spiro atoms. The van der Waals surface area contributed by atoms with Crippen LogP contribution in [0.1, 0.15) is 19.8 Å². The lowest BCUT2D eigenvalue weighted by atomic mass is 9.95. The number of hydrogen-bond donors (Lipinski definition) is 1. The van der Waals surface area contributed by atoms with Crippen molar-refractivity contribution in [2.75, 3.05) is 13.1 Å². The van der Waals surface area contributed by atoms with Gasteiger partial charge in [-0.15, -0.1) is 0 Å². The predicted molar refractivity (Wildman–Crippen MR) is 42.9 cm³/mol. The fraction of sp³-hybridized carbons (Fsp3) is 0.556. The van der Waals surface area contributed by atoms with Crippen LogP contribution in [0, 0.1) is 0 Å². The smallest absolute Gasteiger partial charge is 0.0208 e. The van der Waals surface area contributed by atoms with Crippen molar-refractivity contribution < 1.29 is 0 Å². The van der Waals surface area contributed by atoms with Crippen molar-refractivity contribution >= 4 is 0 Å². The van der Waals surface area contributed by atoms with Crippen molar-refractivity contribution in [1.82, 2.24) is 5.32 Å². The molecule has 54 valence electrons. The standard InChI is InChI=1S/C9H13N/c1-7-2-3-8-5-10-6-9(8)4-7/h4,10H,2-3,5-6H2,1H3. The van der Waals surface area contributed by atoms with E-state index in [9.17, 15) is 0 Å². The quantitative estimate of drug-likeness (QED) is 0.532. The van der Waals surface area contributed by atoms with E-state index in [-0.39, 0.29) is 0 Å². The third kappa shape index (κ3) is 0.907. The second-order valence-corrected chi connectivity index (χ2v) is 3.22. The van der Waals surface area contributed by atoms with E-state index in [0.29, 0.717) is 0 Å². The number of hydrogen-bond acceptors (Lipinski definition) is 1. The van der Waals surface area contributed by atoms with Gasteiger partial charge in [0.15, 0.2) is 0 Å². The Morgan fingerprint density at radius 1 is 1.30 bits per heavy atom. The van der Waals surface area contributed by atoms with Crippen LogP contribution in [-0.4, -0.2) is 13.1 Å². The molecule has 0 amide bonds. The van der Waals surface area contributed by atoms with E-state index in [2.05, 4.69) is 18.3 Å². The summed E-state index contributed by atoms with van der Waals surface area (Å²) in [5.74, 6) is 0. The average molecular weight is 135 g/mol. The molecule has 2 aliphatic rings. The highest BCUT2D eigenvalue weighted by Gasteiger charge is 2.15. The van der Waals surface area contributed by atoms with E-state index in [1.165, 1.54) is 12.8 Å². The predicted octanol–water partition coefficient (Wildman–Crippen LogP) is 1.63. The summed E-state index contributed by atoms with van der Waals surface area (Å²) in [7, 11) is 0. The SMILES string of the molecule is CC1=CC2=C(CC1)CNC2. The van der Waals surface area contributed by atoms with Crippen molar-refractivity contribution in [3.63, 3.8) is 0 Å². The Balaban J connectivity index is 2.29. The monoisotopic (exact) mass is 135 g/mol. The largest absolute Gasteiger partial charge is 0.309 e. The van der Waals surface area contributed by atoms with Gasteiger partial charge in [-0.3, -0.25) is 0 Å². The second-order valence-electron chi connectivity index (χ2n) is 3.22. The van der Waals surface area contributed by atoms with Crippen LogP contribution in [0.3, 0.4) is 0 Å². The first-order chi connectivity index (χ1) is 4.86. The summed E-state index contributed by atoms with van der Waals surface area (Å²) in [6, 6.07) is 0. The van der Waals surface area contributed by atoms with Crippen molar-refractivity contribution in [2.24, 2.45) is 0 Å². The third-order valence-electron chi connectivity index (χ3n) is 2.35. The topological polar surface area (TPSA) is 12.0 Å². The first kappa shape index (κ1) is 6.17. The molecule has 0 saturated carbocycles. The maximum absolute atomic E-state index is 3.37. The number of nitrogens with one attached hydrogen (secondary N) is 1. The Kier molecular flexibility index (Phi) is 1.38. The molecule has 0 radical (unpaired) electrons. The van der Waals surface area contributed by atoms with Gasteiger partial charge in [0.2, 0.25) is 0 Å². The Morgan fingerprint density at radius 3 is 3.10 bits per heavy atom. The molecule has 1 heterocycles. The van der Waals surface area contributed by atoms with E-state index in [4.69, 9.17) is 0 Å². The van der Waals surface area contributed by atoms with Gasteiger partial charge in [-0.2, -0.15) is 0 Å². The Labute approximate surface area is 61.8 Å². The molecule has 2 rings (SSSR count). The van der Waals surface area contributed by atoms with Crippen molar-refractivity contribution in [1.29, 1.82) is 0 Å². The van der Waals surface area contributed by atoms with Crippen LogP contribution in [0.5, 0.6) is 0 Å². The van der Waals surface area contributed by atoms with E-state index >= 15 is 0 Å². The minimum absolute atomic E-state index is 1.10. The number of allylic oxidation sites excluding steroid dienone is 1. The zero-order valence-corrected chi connectivity index (χ0v) is 6.41. The van der Waals surface area contributed by atoms with Gasteiger partial charge >= 0.3 is 0 Å². The van der Waals surface area contributed by atoms with E-state index in [0.717, 1.165) is 13.1 Å². The molecule has 1 aliphatic carbocycles. The molecule has 0 aromatic rings. The normalized spacial score (nSPS) is 24.7. The summed E-state index contributed by atoms with van der Waals surface area (Å²) in [5.41, 5.74) is 4.75. The zero-order chi connectivity index (χ0) is 6.97. The molecule has 1 N–H and O–H groups in total. The fourth-order valence-electron chi connectivity index (χ4n) is 1.71. The molecule has 1 aliphatic heterocycles. The van der Waals surface area contributed by atoms with E-state index < -0.39 is 0 Å². The molecule has 0 saturated heterocycles. The van der Waals surface area contributed by atoms with Crippen molar-refractivity contribution in [3.05, 3.63) is 22.8 Å². The highest BCUT2D eigenvalue weighted by molar-refractivity contribution is 5.37. The van der Waals surface area contributed by atoms with Gasteiger partial charge in [0, 0.05) is 13.1 Å². The van der Waals surface area contributed by atoms with Crippen LogP contribution in [0.25, 0.3) is 0 Å². The van der Waals surface area contributed by atoms with Crippen LogP contribution < -0.4 is 5.32 Å². The van der Waals surface area contributed by atoms with Crippen LogP contribution in [0.2, 0.25) is 0 Å². The molecule has 0 atom stereocenters. The van der Waals surface area contributed by atoms with Gasteiger partial charge in [0.05, 0.1) is 0 Å². The van der Waals surface area contributed by atoms with Gasteiger partial charge in [-0.25, -0.2) is 0 Å². The van der Waals surface area contributed by atoms with Gasteiger partial charge in [0.1, 0.15) is 0 Å². The highest BCUT2D eigenvalue weighted by Crippen LogP contribution is 2.25. The lowest BCUT2D eigenvalue weighted by molar-refractivity contribution is 0.833. The van der Waals surface area contributed by atoms with E-state index in [1.807, 2.05) is 0 Å². The summed E-state index contributed by atoms with van der Waals surface area (Å²) in [6.45, 7) is 4.47. The lowest BCUT2D eigenvalue weighted by Gasteiger charge is -2.10. The molecule has 0 aromatic heterocycles. The fourth-order valence-corrected chi connectivity index (χ4v) is 1.71. The average Bonchev–Trinajstić information content (AvgIpc) is 2.33. The Bertz CT molecular complexity index is 211. The second kappa shape index (κ2) is 2.24. The van der Waals surface area contributed by atoms with Crippen LogP contribution in [-0.2, 0) is 0 Å². The maximum atomic E-state index is 3.37. The molecule has 1 nitrogen and oxygen atoms in total. The molecule has 10 heavy (non-hydrogen) atoms. The van der Waals surface area contributed by atoms with Gasteiger partial charge < -0.3 is 5.32 Å². The van der Waals surface area contributed by atoms with Crippen LogP contribution in [0.4, 0.5) is 0 Å². The third-order valence-corrected chi connectivity index (χ3v) is 2.35. The minimum atomic E-state index is 1.10. The molecular formula is C9H13N. The van der Waals surface area contributed by atoms with Gasteiger partial charge in [-0.1, -0.05) is 17.2 Å². The Morgan fingerprint density at radius 2 is 2.20 bits per heavy atom. The summed E-state index contributed by atoms with van der Waals surface area (Å²) in [6.07, 6.45) is 4.92.